The SMILES string of the molecule is CCCNC(=S)OC(CSC(C)=O)CN1C(=O)N(CC(CSC(C)=O)OC(=S)NCCOCCOCCC(C)(CC)CC)C(=O)N(CC(CSC(C)=O)OC(=S)NC(C)(CC)CC)C1O. The van der Waals surface area contributed by atoms with Crippen LogP contribution in [0.4, 0.5) is 9.59 Å². The van der Waals surface area contributed by atoms with Crippen molar-refractivity contribution in [2.24, 2.45) is 5.41 Å². The molecule has 4 atom stereocenters. The summed E-state index contributed by atoms with van der Waals surface area (Å²) >= 11 is 19.3. The van der Waals surface area contributed by atoms with Crippen molar-refractivity contribution in [3.8, 4) is 0 Å². The molecule has 4 amide bonds. The van der Waals surface area contributed by atoms with E-state index < -0.39 is 48.8 Å². The molecule has 1 rings (SSSR count). The van der Waals surface area contributed by atoms with Gasteiger partial charge in [0.15, 0.2) is 15.3 Å². The van der Waals surface area contributed by atoms with Gasteiger partial charge in [0.2, 0.25) is 6.35 Å². The molecule has 1 saturated heterocycles. The summed E-state index contributed by atoms with van der Waals surface area (Å²) in [6.45, 7) is 20.3. The Morgan fingerprint density at radius 3 is 1.48 bits per heavy atom. The van der Waals surface area contributed by atoms with Crippen molar-refractivity contribution in [1.82, 2.24) is 30.7 Å². The smallest absolute Gasteiger partial charge is 0.331 e. The Morgan fingerprint density at radius 2 is 1.06 bits per heavy atom. The number of urea groups is 2. The van der Waals surface area contributed by atoms with Gasteiger partial charge in [-0.25, -0.2) is 14.5 Å². The number of thiocarbonyl (C=S) groups is 3. The van der Waals surface area contributed by atoms with E-state index in [0.29, 0.717) is 26.4 Å². The Balaban J connectivity index is 3.43. The summed E-state index contributed by atoms with van der Waals surface area (Å²) in [6, 6.07) is -1.82. The van der Waals surface area contributed by atoms with E-state index >= 15 is 0 Å². The molecular formula is C42H74N6O11S6. The molecule has 1 aliphatic heterocycles. The summed E-state index contributed by atoms with van der Waals surface area (Å²) in [4.78, 5) is 68.3. The molecule has 17 nitrogen and oxygen atoms in total. The van der Waals surface area contributed by atoms with Gasteiger partial charge in [-0.2, -0.15) is 0 Å². The predicted molar refractivity (Wildman–Crippen MR) is 272 cm³/mol. The van der Waals surface area contributed by atoms with Gasteiger partial charge in [0, 0.05) is 63.3 Å². The first kappa shape index (κ1) is 60.8. The molecule has 4 N–H and O–H groups in total. The lowest BCUT2D eigenvalue weighted by molar-refractivity contribution is -0.110. The van der Waals surface area contributed by atoms with Crippen LogP contribution < -0.4 is 16.0 Å². The van der Waals surface area contributed by atoms with Crippen LogP contribution in [0.2, 0.25) is 0 Å². The van der Waals surface area contributed by atoms with Gasteiger partial charge in [0.1, 0.15) is 18.3 Å². The van der Waals surface area contributed by atoms with Crippen LogP contribution in [0.5, 0.6) is 0 Å². The van der Waals surface area contributed by atoms with Crippen LogP contribution in [0.3, 0.4) is 0 Å². The summed E-state index contributed by atoms with van der Waals surface area (Å²) in [6.07, 6.45) is 0.633. The number of hydrogen-bond donors (Lipinski definition) is 4. The summed E-state index contributed by atoms with van der Waals surface area (Å²) in [5.74, 6) is 0.105. The normalized spacial score (nSPS) is 15.8. The number of carbonyl (C=O) groups is 5. The van der Waals surface area contributed by atoms with E-state index in [1.165, 1.54) is 20.8 Å². The van der Waals surface area contributed by atoms with Crippen LogP contribution in [-0.2, 0) is 38.1 Å². The number of amides is 4. The van der Waals surface area contributed by atoms with E-state index in [2.05, 4.69) is 36.7 Å². The Morgan fingerprint density at radius 1 is 0.646 bits per heavy atom. The highest BCUT2D eigenvalue weighted by molar-refractivity contribution is 8.14. The minimum Gasteiger partial charge on any atom is -0.465 e. The highest BCUT2D eigenvalue weighted by Gasteiger charge is 2.46. The maximum atomic E-state index is 14.5. The van der Waals surface area contributed by atoms with Gasteiger partial charge in [-0.05, 0) is 74.7 Å². The molecule has 0 bridgehead atoms. The molecule has 374 valence electrons. The minimum atomic E-state index is -1.87. The Hall–Kier alpha value is -2.25. The fourth-order valence-corrected chi connectivity index (χ4v) is 8.48. The first-order chi connectivity index (χ1) is 30.7. The van der Waals surface area contributed by atoms with Gasteiger partial charge in [0.05, 0.1) is 39.5 Å². The van der Waals surface area contributed by atoms with Crippen LogP contribution in [0.1, 0.15) is 108 Å². The average molecular weight is 1030 g/mol. The van der Waals surface area contributed by atoms with E-state index in [9.17, 15) is 29.1 Å². The van der Waals surface area contributed by atoms with Crippen molar-refractivity contribution in [2.45, 2.75) is 138 Å². The summed E-state index contributed by atoms with van der Waals surface area (Å²) in [7, 11) is 0. The van der Waals surface area contributed by atoms with Crippen molar-refractivity contribution in [3.63, 3.8) is 0 Å². The highest BCUT2D eigenvalue weighted by Crippen LogP contribution is 2.29. The molecule has 0 aromatic rings. The molecular weight excluding hydrogens is 957 g/mol. The van der Waals surface area contributed by atoms with Crippen LogP contribution >= 0.6 is 71.9 Å². The molecule has 1 heterocycles. The molecule has 0 saturated carbocycles. The van der Waals surface area contributed by atoms with Gasteiger partial charge in [0.25, 0.3) is 15.5 Å². The van der Waals surface area contributed by atoms with E-state index in [0.717, 1.165) is 88.5 Å². The third-order valence-electron chi connectivity index (χ3n) is 10.9. The van der Waals surface area contributed by atoms with E-state index in [4.69, 9.17) is 60.3 Å². The molecule has 0 aliphatic carbocycles. The number of aliphatic hydroxyl groups excluding tert-OH is 1. The van der Waals surface area contributed by atoms with Crippen LogP contribution in [0, 0.1) is 5.41 Å². The Bertz CT molecular complexity index is 1540. The fourth-order valence-electron chi connectivity index (χ4n) is 5.84. The Kier molecular flexibility index (Phi) is 30.4. The number of ether oxygens (including phenoxy) is 5. The third-order valence-corrected chi connectivity index (χ3v) is 14.4. The molecule has 0 radical (unpaired) electrons. The van der Waals surface area contributed by atoms with Gasteiger partial charge < -0.3 is 44.7 Å². The topological polar surface area (TPSA) is 198 Å². The van der Waals surface area contributed by atoms with E-state index in [1.54, 1.807) is 0 Å². The predicted octanol–water partition coefficient (Wildman–Crippen LogP) is 6.28. The largest absolute Gasteiger partial charge is 0.465 e. The quantitative estimate of drug-likeness (QED) is 0.0447. The maximum absolute atomic E-state index is 14.5. The number of nitrogens with zero attached hydrogens (tertiary/aromatic N) is 3. The van der Waals surface area contributed by atoms with Gasteiger partial charge in [-0.3, -0.25) is 24.2 Å². The van der Waals surface area contributed by atoms with Crippen molar-refractivity contribution in [2.75, 3.05) is 76.4 Å². The van der Waals surface area contributed by atoms with Gasteiger partial charge in [-0.1, -0.05) is 89.7 Å². The van der Waals surface area contributed by atoms with E-state index in [1.807, 2.05) is 27.7 Å². The second kappa shape index (κ2) is 32.5. The Labute approximate surface area is 415 Å². The average Bonchev–Trinajstić information content (AvgIpc) is 3.26. The van der Waals surface area contributed by atoms with Crippen molar-refractivity contribution in [3.05, 3.63) is 0 Å². The van der Waals surface area contributed by atoms with E-state index in [-0.39, 0.29) is 79.8 Å². The number of rotatable bonds is 31. The van der Waals surface area contributed by atoms with Crippen LogP contribution in [0.15, 0.2) is 0 Å². The van der Waals surface area contributed by atoms with Crippen molar-refractivity contribution < 1.29 is 52.8 Å². The summed E-state index contributed by atoms with van der Waals surface area (Å²) < 4.78 is 29.6. The van der Waals surface area contributed by atoms with Crippen molar-refractivity contribution >= 4 is 115 Å². The molecule has 23 heteroatoms. The zero-order valence-corrected chi connectivity index (χ0v) is 44.8. The van der Waals surface area contributed by atoms with Crippen LogP contribution in [0.25, 0.3) is 0 Å². The molecule has 0 aromatic heterocycles. The summed E-state index contributed by atoms with van der Waals surface area (Å²) in [5.41, 5.74) is -0.138. The summed E-state index contributed by atoms with van der Waals surface area (Å²) in [5, 5.41) is 20.4. The number of imide groups is 1. The monoisotopic (exact) mass is 1030 g/mol. The first-order valence-electron chi connectivity index (χ1n) is 22.2. The van der Waals surface area contributed by atoms with Gasteiger partial charge in [-0.15, -0.1) is 0 Å². The number of thioether (sulfide) groups is 3. The number of hydrogen-bond acceptors (Lipinski definition) is 17. The molecule has 1 aliphatic rings. The van der Waals surface area contributed by atoms with Gasteiger partial charge >= 0.3 is 12.1 Å². The second-order valence-electron chi connectivity index (χ2n) is 16.1. The highest BCUT2D eigenvalue weighted by atomic mass is 32.2. The first-order valence-corrected chi connectivity index (χ1v) is 26.3. The zero-order valence-electron chi connectivity index (χ0n) is 39.9. The number of carbonyl (C=O) groups excluding carboxylic acids is 5. The minimum absolute atomic E-state index is 0.00657. The zero-order chi connectivity index (χ0) is 49.2. The number of nitrogens with one attached hydrogen (secondary N) is 3. The lowest BCUT2D eigenvalue weighted by Gasteiger charge is -2.46. The van der Waals surface area contributed by atoms with Crippen molar-refractivity contribution in [1.29, 1.82) is 0 Å². The second-order valence-corrected chi connectivity index (χ2v) is 20.8. The lowest BCUT2D eigenvalue weighted by atomic mass is 9.82. The molecule has 0 spiro atoms. The lowest BCUT2D eigenvalue weighted by Crippen LogP contribution is -2.69. The fraction of sp³-hybridized carbons (Fsp3) is 0.810. The van der Waals surface area contributed by atoms with Crippen LogP contribution in [-0.4, -0.2) is 169 Å². The number of aliphatic hydroxyl groups is 1. The third kappa shape index (κ3) is 24.6. The molecule has 4 unspecified atom stereocenters. The molecule has 65 heavy (non-hydrogen) atoms. The molecule has 0 aromatic carbocycles. The molecule has 1 fully saturated rings. The maximum Gasteiger partial charge on any atom is 0.331 e. The standard InChI is InChI=1S/C42H74N6O11S6/c1-11-17-43-35(60)57-32(26-63-29(6)49)23-46-38(52)47(40(54)48(39(46)53)25-34(28-65-31(8)51)59-37(62)45-42(10,14-4)15-5)24-33(27-64-30(7)50)58-36(61)44-18-20-56-22-21-55-19-16-41(9,12-2)13-3/h32-34,39,53H,11-28H2,1-10H3,(H,43,60)(H,44,61)(H,45,62).